The van der Waals surface area contributed by atoms with Crippen molar-refractivity contribution in [1.29, 1.82) is 5.26 Å². The topological polar surface area (TPSA) is 134 Å². The molecule has 0 saturated carbocycles. The Morgan fingerprint density at radius 3 is 2.61 bits per heavy atom. The molecule has 1 atom stereocenters. The number of hydrogen-bond acceptors (Lipinski definition) is 6. The summed E-state index contributed by atoms with van der Waals surface area (Å²) in [5.41, 5.74) is -1.32. The van der Waals surface area contributed by atoms with E-state index >= 15 is 0 Å². The molecule has 0 spiro atoms. The maximum atomic E-state index is 11.2. The molecular weight excluding hydrogens is 319 g/mol. The van der Waals surface area contributed by atoms with Crippen LogP contribution in [0, 0.1) is 21.4 Å². The predicted molar refractivity (Wildman–Crippen MR) is 51.2 cm³/mol. The van der Waals surface area contributed by atoms with Crippen LogP contribution in [0.25, 0.3) is 0 Å². The summed E-state index contributed by atoms with van der Waals surface area (Å²) in [6.07, 6.45) is 0.887. The summed E-state index contributed by atoms with van der Waals surface area (Å²) in [4.78, 5) is 35.4. The van der Waals surface area contributed by atoms with Gasteiger partial charge in [-0.25, -0.2) is 0 Å². The number of hydrogen-bond donors (Lipinski definition) is 1. The first-order chi connectivity index (χ1) is 8.38. The first-order valence-electron chi connectivity index (χ1n) is 4.45. The molecule has 8 nitrogen and oxygen atoms in total. The van der Waals surface area contributed by atoms with Crippen LogP contribution in [-0.2, 0) is 35.7 Å². The Bertz CT molecular complexity index is 580. The fourth-order valence-corrected chi connectivity index (χ4v) is 1.78. The summed E-state index contributed by atoms with van der Waals surface area (Å²) >= 11 is 0.112. The van der Waals surface area contributed by atoms with Crippen LogP contribution in [0.4, 0.5) is 5.69 Å². The van der Waals surface area contributed by atoms with Crippen molar-refractivity contribution in [1.82, 2.24) is 4.98 Å². The third kappa shape index (κ3) is 2.94. The summed E-state index contributed by atoms with van der Waals surface area (Å²) < 4.78 is -0.471. The van der Waals surface area contributed by atoms with E-state index < -0.39 is 25.1 Å². The second-order valence-corrected chi connectivity index (χ2v) is 4.55. The van der Waals surface area contributed by atoms with Crippen LogP contribution < -0.4 is 0 Å². The Kier molecular flexibility index (Phi) is 4.58. The van der Waals surface area contributed by atoms with Crippen molar-refractivity contribution in [3.63, 3.8) is 0 Å². The Morgan fingerprint density at radius 1 is 1.61 bits per heavy atom. The van der Waals surface area contributed by atoms with Gasteiger partial charge in [-0.15, -0.1) is 0 Å². The molecule has 1 N–H and O–H groups in total. The van der Waals surface area contributed by atoms with E-state index in [0.29, 0.717) is 0 Å². The Balaban J connectivity index is 3.46. The first-order valence-corrected chi connectivity index (χ1v) is 5.87. The monoisotopic (exact) mass is 323 g/mol. The quantitative estimate of drug-likeness (QED) is 0.624. The zero-order valence-corrected chi connectivity index (χ0v) is 11.6. The molecule has 0 amide bonds. The van der Waals surface area contributed by atoms with Gasteiger partial charge < -0.3 is 0 Å². The van der Waals surface area contributed by atoms with Crippen molar-refractivity contribution in [2.24, 2.45) is 0 Å². The zero-order valence-electron chi connectivity index (χ0n) is 8.73. The van der Waals surface area contributed by atoms with Crippen molar-refractivity contribution < 1.29 is 50.6 Å². The van der Waals surface area contributed by atoms with Gasteiger partial charge in [0.05, 0.1) is 0 Å². The molecule has 0 aromatic carbocycles. The van der Waals surface area contributed by atoms with Crippen LogP contribution in [0.3, 0.4) is 0 Å². The molecule has 0 aliphatic rings. The second-order valence-electron chi connectivity index (χ2n) is 3.16. The van der Waals surface area contributed by atoms with Crippen LogP contribution in [0.5, 0.6) is 0 Å². The van der Waals surface area contributed by atoms with E-state index in [4.69, 9.17) is 10.4 Å². The normalized spacial score (nSPS) is 11.2. The molecule has 1 rings (SSSR count). The average Bonchev–Trinajstić information content (AvgIpc) is 2.29. The van der Waals surface area contributed by atoms with Gasteiger partial charge in [-0.3, -0.25) is 0 Å². The average molecular weight is 323 g/mol. The molecule has 88 valence electrons. The number of nitrogens with zero attached hydrogens (tertiary/aromatic N) is 3. The molecule has 0 bridgehead atoms. The minimum absolute atomic E-state index is 0.112. The van der Waals surface area contributed by atoms with E-state index in [-0.39, 0.29) is 42.2 Å². The van der Waals surface area contributed by atoms with Crippen LogP contribution in [-0.4, -0.2) is 23.6 Å². The number of carboxylic acid groups (broad SMARTS) is 1. The van der Waals surface area contributed by atoms with Crippen LogP contribution in [0.1, 0.15) is 22.0 Å². The van der Waals surface area contributed by atoms with Crippen molar-refractivity contribution >= 4 is 14.3 Å². The van der Waals surface area contributed by atoms with Crippen molar-refractivity contribution in [2.75, 3.05) is 0 Å². The van der Waals surface area contributed by atoms with Gasteiger partial charge in [0.1, 0.15) is 0 Å². The maximum absolute atomic E-state index is 11.2. The third-order valence-corrected chi connectivity index (χ3v) is 2.85. The Labute approximate surface area is 120 Å². The Morgan fingerprint density at radius 2 is 2.22 bits per heavy atom. The number of aromatic nitrogens is 1. The molecule has 0 fully saturated rings. The standard InChI is InChI=1S/C9H4N3O5.Y/c10-2-6(4-13)8-7(12(16)17)1-5(3-11-8)9(14)15;/h1,3,6H,(H,14,15);. The number of carbonyl (C=O) groups is 2. The fourth-order valence-electron chi connectivity index (χ4n) is 1.21. The van der Waals surface area contributed by atoms with Crippen molar-refractivity contribution in [2.45, 2.75) is 5.92 Å². The molecule has 0 aliphatic heterocycles. The molecular formula is C9H4N3O5Y. The van der Waals surface area contributed by atoms with Gasteiger partial charge >= 0.3 is 121 Å². The van der Waals surface area contributed by atoms with Crippen LogP contribution >= 0.6 is 0 Å². The summed E-state index contributed by atoms with van der Waals surface area (Å²) in [5, 5.41) is 28.3. The minimum atomic E-state index is -1.37. The number of carbonyl (C=O) groups excluding carboxylic acids is 1. The fraction of sp³-hybridized carbons (Fsp3) is 0.111. The number of nitriles is 1. The molecule has 9 heteroatoms. The summed E-state index contributed by atoms with van der Waals surface area (Å²) in [6.45, 7) is 0. The molecule has 0 aliphatic carbocycles. The summed E-state index contributed by atoms with van der Waals surface area (Å²) in [7, 11) is 0. The van der Waals surface area contributed by atoms with E-state index in [1.807, 2.05) is 0 Å². The van der Waals surface area contributed by atoms with Gasteiger partial charge in [-0.2, -0.15) is 0 Å². The number of aromatic carboxylic acids is 1. The molecule has 1 heterocycles. The molecule has 0 saturated heterocycles. The van der Waals surface area contributed by atoms with Crippen molar-refractivity contribution in [3.8, 4) is 6.07 Å². The zero-order chi connectivity index (χ0) is 13.9. The van der Waals surface area contributed by atoms with Crippen LogP contribution in [0.15, 0.2) is 12.3 Å². The SMILES string of the molecule is N#CC([C](=O)[Y])c1ncc(C(=O)O)cc1[N+](=O)[O-]. The number of rotatable bonds is 4. The third-order valence-electron chi connectivity index (χ3n) is 2.03. The molecule has 1 aromatic heterocycles. The van der Waals surface area contributed by atoms with E-state index in [2.05, 4.69) is 4.98 Å². The van der Waals surface area contributed by atoms with Gasteiger partial charge in [0.2, 0.25) is 0 Å². The molecule has 1 unspecified atom stereocenters. The molecule has 1 aromatic rings. The summed E-state index contributed by atoms with van der Waals surface area (Å²) in [5.74, 6) is -2.70. The first kappa shape index (κ1) is 14.3. The Hall–Kier alpha value is -1.72. The second kappa shape index (κ2) is 5.75. The van der Waals surface area contributed by atoms with Crippen molar-refractivity contribution in [3.05, 3.63) is 33.6 Å². The van der Waals surface area contributed by atoms with Crippen LogP contribution in [0.2, 0.25) is 0 Å². The van der Waals surface area contributed by atoms with Gasteiger partial charge in [-0.1, -0.05) is 0 Å². The van der Waals surface area contributed by atoms with E-state index in [1.54, 1.807) is 6.07 Å². The summed E-state index contributed by atoms with van der Waals surface area (Å²) in [6, 6.07) is 2.42. The number of carboxylic acids is 1. The van der Waals surface area contributed by atoms with E-state index in [9.17, 15) is 19.7 Å². The number of nitro groups is 1. The van der Waals surface area contributed by atoms with Gasteiger partial charge in [0.15, 0.2) is 0 Å². The van der Waals surface area contributed by atoms with Gasteiger partial charge in [-0.05, 0) is 0 Å². The van der Waals surface area contributed by atoms with E-state index in [0.717, 1.165) is 12.3 Å². The van der Waals surface area contributed by atoms with Gasteiger partial charge in [0, 0.05) is 0 Å². The molecule has 0 radical (unpaired) electrons. The predicted octanol–water partition coefficient (Wildman–Crippen LogP) is 0.369. The number of pyridine rings is 1. The van der Waals surface area contributed by atoms with E-state index in [1.165, 1.54) is 0 Å². The molecule has 18 heavy (non-hydrogen) atoms. The van der Waals surface area contributed by atoms with Gasteiger partial charge in [0.25, 0.3) is 0 Å².